The third-order valence-electron chi connectivity index (χ3n) is 4.51. The summed E-state index contributed by atoms with van der Waals surface area (Å²) in [5.74, 6) is -0.162. The second-order valence-corrected chi connectivity index (χ2v) is 6.36. The number of β-amino-alcohol motifs (C(OH)–C–C–N with tert-alkyl or cyclic N) is 1. The largest absolute Gasteiger partial charge is 0.392 e. The highest BCUT2D eigenvalue weighted by atomic mass is 16.3. The summed E-state index contributed by atoms with van der Waals surface area (Å²) in [6.45, 7) is 1.87. The minimum Gasteiger partial charge on any atom is -0.392 e. The minimum atomic E-state index is -0.361. The van der Waals surface area contributed by atoms with Gasteiger partial charge in [0.15, 0.2) is 0 Å². The molecule has 1 saturated heterocycles. The Kier molecular flexibility index (Phi) is 5.44. The van der Waals surface area contributed by atoms with Gasteiger partial charge < -0.3 is 10.4 Å². The molecule has 128 valence electrons. The van der Waals surface area contributed by atoms with Crippen molar-refractivity contribution >= 4 is 5.91 Å². The molecule has 1 heterocycles. The van der Waals surface area contributed by atoms with Gasteiger partial charge in [0.2, 0.25) is 0 Å². The first-order chi connectivity index (χ1) is 12.2. The lowest BCUT2D eigenvalue weighted by molar-refractivity contribution is 0.0940. The molecule has 2 N–H and O–H groups in total. The molecule has 1 aliphatic rings. The standard InChI is InChI=1S/C20H21N3O2/c21-11-15-6-8-17(9-7-15)20(25)22-12-18-10-19(24)14-23(18)13-16-4-2-1-3-5-16/h1-9,18-19,24H,10,12-14H2,(H,22,25)/t18-,19+/m1/s1. The number of carbonyl (C=O) groups is 1. The minimum absolute atomic E-state index is 0.109. The van der Waals surface area contributed by atoms with E-state index in [1.165, 1.54) is 5.56 Å². The first-order valence-corrected chi connectivity index (χ1v) is 8.40. The lowest BCUT2D eigenvalue weighted by atomic mass is 10.1. The number of benzene rings is 2. The zero-order valence-corrected chi connectivity index (χ0v) is 13.9. The number of nitriles is 1. The maximum atomic E-state index is 12.3. The summed E-state index contributed by atoms with van der Waals surface area (Å²) in [6, 6.07) is 18.8. The number of likely N-dealkylation sites (tertiary alicyclic amines) is 1. The van der Waals surface area contributed by atoms with Crippen LogP contribution in [0.3, 0.4) is 0 Å². The Morgan fingerprint density at radius 3 is 2.60 bits per heavy atom. The Bertz CT molecular complexity index is 753. The lowest BCUT2D eigenvalue weighted by Gasteiger charge is -2.24. The molecule has 2 atom stereocenters. The van der Waals surface area contributed by atoms with Crippen LogP contribution in [0.1, 0.15) is 27.9 Å². The summed E-state index contributed by atoms with van der Waals surface area (Å²) in [5.41, 5.74) is 2.26. The van der Waals surface area contributed by atoms with Crippen molar-refractivity contribution in [2.24, 2.45) is 0 Å². The fraction of sp³-hybridized carbons (Fsp3) is 0.300. The number of rotatable bonds is 5. The van der Waals surface area contributed by atoms with E-state index >= 15 is 0 Å². The van der Waals surface area contributed by atoms with E-state index in [0.29, 0.717) is 30.6 Å². The van der Waals surface area contributed by atoms with Gasteiger partial charge in [0.1, 0.15) is 0 Å². The molecule has 1 aliphatic heterocycles. The average Bonchev–Trinajstić information content (AvgIpc) is 3.00. The van der Waals surface area contributed by atoms with Crippen LogP contribution in [0.4, 0.5) is 0 Å². The van der Waals surface area contributed by atoms with Crippen molar-refractivity contribution in [1.29, 1.82) is 5.26 Å². The highest BCUT2D eigenvalue weighted by molar-refractivity contribution is 5.94. The molecular weight excluding hydrogens is 314 g/mol. The first-order valence-electron chi connectivity index (χ1n) is 8.40. The second-order valence-electron chi connectivity index (χ2n) is 6.36. The third-order valence-corrected chi connectivity index (χ3v) is 4.51. The maximum Gasteiger partial charge on any atom is 0.251 e. The molecule has 1 amide bonds. The number of amides is 1. The van der Waals surface area contributed by atoms with Crippen LogP contribution in [0.15, 0.2) is 54.6 Å². The zero-order chi connectivity index (χ0) is 17.6. The van der Waals surface area contributed by atoms with Gasteiger partial charge in [-0.15, -0.1) is 0 Å². The van der Waals surface area contributed by atoms with Crippen molar-refractivity contribution in [3.63, 3.8) is 0 Å². The summed E-state index contributed by atoms with van der Waals surface area (Å²) < 4.78 is 0. The Balaban J connectivity index is 1.58. The molecule has 0 bridgehead atoms. The number of aliphatic hydroxyl groups is 1. The van der Waals surface area contributed by atoms with Crippen LogP contribution >= 0.6 is 0 Å². The van der Waals surface area contributed by atoms with E-state index in [-0.39, 0.29) is 18.1 Å². The fourth-order valence-corrected chi connectivity index (χ4v) is 3.19. The molecule has 0 aromatic heterocycles. The van der Waals surface area contributed by atoms with Crippen LogP contribution in [0, 0.1) is 11.3 Å². The quantitative estimate of drug-likeness (QED) is 0.875. The van der Waals surface area contributed by atoms with Gasteiger partial charge in [-0.25, -0.2) is 0 Å². The van der Waals surface area contributed by atoms with Gasteiger partial charge in [-0.05, 0) is 36.2 Å². The predicted octanol–water partition coefficient (Wildman–Crippen LogP) is 1.92. The highest BCUT2D eigenvalue weighted by Gasteiger charge is 2.30. The van der Waals surface area contributed by atoms with Gasteiger partial charge >= 0.3 is 0 Å². The number of carbonyl (C=O) groups excluding carboxylic acids is 1. The Labute approximate surface area is 147 Å². The van der Waals surface area contributed by atoms with Gasteiger partial charge in [0, 0.05) is 31.2 Å². The summed E-state index contributed by atoms with van der Waals surface area (Å²) in [6.07, 6.45) is 0.293. The van der Waals surface area contributed by atoms with Crippen LogP contribution in [-0.2, 0) is 6.54 Å². The molecule has 2 aromatic carbocycles. The molecule has 5 heteroatoms. The summed E-state index contributed by atoms with van der Waals surface area (Å²) in [4.78, 5) is 14.5. The molecule has 2 aromatic rings. The topological polar surface area (TPSA) is 76.4 Å². The lowest BCUT2D eigenvalue weighted by Crippen LogP contribution is -2.39. The van der Waals surface area contributed by atoms with Gasteiger partial charge in [-0.3, -0.25) is 9.69 Å². The van der Waals surface area contributed by atoms with E-state index in [2.05, 4.69) is 22.3 Å². The molecule has 3 rings (SSSR count). The van der Waals surface area contributed by atoms with Crippen LogP contribution < -0.4 is 5.32 Å². The van der Waals surface area contributed by atoms with Crippen molar-refractivity contribution in [3.8, 4) is 6.07 Å². The molecule has 0 saturated carbocycles. The van der Waals surface area contributed by atoms with Crippen molar-refractivity contribution in [3.05, 3.63) is 71.3 Å². The molecule has 5 nitrogen and oxygen atoms in total. The zero-order valence-electron chi connectivity index (χ0n) is 13.9. The Morgan fingerprint density at radius 1 is 1.20 bits per heavy atom. The maximum absolute atomic E-state index is 12.3. The SMILES string of the molecule is N#Cc1ccc(C(=O)NC[C@H]2C[C@H](O)CN2Cc2ccccc2)cc1. The van der Waals surface area contributed by atoms with E-state index < -0.39 is 0 Å². The summed E-state index contributed by atoms with van der Waals surface area (Å²) in [5, 5.41) is 21.8. The Hall–Kier alpha value is -2.68. The normalized spacial score (nSPS) is 20.2. The molecular formula is C20H21N3O2. The van der Waals surface area contributed by atoms with E-state index in [9.17, 15) is 9.90 Å². The van der Waals surface area contributed by atoms with Crippen molar-refractivity contribution < 1.29 is 9.90 Å². The van der Waals surface area contributed by atoms with Gasteiger partial charge in [-0.2, -0.15) is 5.26 Å². The highest BCUT2D eigenvalue weighted by Crippen LogP contribution is 2.20. The molecule has 0 radical (unpaired) electrons. The van der Waals surface area contributed by atoms with Crippen molar-refractivity contribution in [1.82, 2.24) is 10.2 Å². The molecule has 0 spiro atoms. The molecule has 25 heavy (non-hydrogen) atoms. The van der Waals surface area contributed by atoms with Gasteiger partial charge in [0.25, 0.3) is 5.91 Å². The van der Waals surface area contributed by atoms with E-state index in [1.807, 2.05) is 24.3 Å². The van der Waals surface area contributed by atoms with Crippen LogP contribution in [0.25, 0.3) is 0 Å². The van der Waals surface area contributed by atoms with Crippen LogP contribution in [0.2, 0.25) is 0 Å². The van der Waals surface area contributed by atoms with E-state index in [4.69, 9.17) is 5.26 Å². The van der Waals surface area contributed by atoms with Gasteiger partial charge in [-0.1, -0.05) is 30.3 Å². The summed E-state index contributed by atoms with van der Waals surface area (Å²) in [7, 11) is 0. The fourth-order valence-electron chi connectivity index (χ4n) is 3.19. The van der Waals surface area contributed by atoms with Crippen LogP contribution in [-0.4, -0.2) is 41.1 Å². The Morgan fingerprint density at radius 2 is 1.92 bits per heavy atom. The summed E-state index contributed by atoms with van der Waals surface area (Å²) >= 11 is 0. The van der Waals surface area contributed by atoms with E-state index in [0.717, 1.165) is 6.54 Å². The van der Waals surface area contributed by atoms with E-state index in [1.54, 1.807) is 24.3 Å². The monoisotopic (exact) mass is 335 g/mol. The molecule has 0 unspecified atom stereocenters. The number of nitrogens with one attached hydrogen (secondary N) is 1. The number of aliphatic hydroxyl groups excluding tert-OH is 1. The number of nitrogens with zero attached hydrogens (tertiary/aromatic N) is 2. The van der Waals surface area contributed by atoms with Crippen LogP contribution in [0.5, 0.6) is 0 Å². The smallest absolute Gasteiger partial charge is 0.251 e. The van der Waals surface area contributed by atoms with Crippen molar-refractivity contribution in [2.75, 3.05) is 13.1 Å². The molecule has 0 aliphatic carbocycles. The van der Waals surface area contributed by atoms with Gasteiger partial charge in [0.05, 0.1) is 17.7 Å². The predicted molar refractivity (Wildman–Crippen MR) is 94.8 cm³/mol. The third kappa shape index (κ3) is 4.44. The molecule has 1 fully saturated rings. The second kappa shape index (κ2) is 7.93. The number of hydrogen-bond donors (Lipinski definition) is 2. The first kappa shape index (κ1) is 17.2. The average molecular weight is 335 g/mol. The number of hydrogen-bond acceptors (Lipinski definition) is 4. The van der Waals surface area contributed by atoms with Crippen molar-refractivity contribution in [2.45, 2.75) is 25.1 Å².